The second-order valence-electron chi connectivity index (χ2n) is 3.61. The molecule has 0 aromatic rings. The van der Waals surface area contributed by atoms with E-state index < -0.39 is 0 Å². The normalized spacial score (nSPS) is 52.0. The molecule has 3 atom stereocenters. The Kier molecular flexibility index (Phi) is 1.53. The van der Waals surface area contributed by atoms with Crippen molar-refractivity contribution in [1.29, 1.82) is 0 Å². The topological polar surface area (TPSA) is 46.2 Å². The minimum absolute atomic E-state index is 0.112. The predicted molar refractivity (Wildman–Crippen MR) is 37.0 cm³/mol. The number of hydrogen-bond acceptors (Lipinski definition) is 2. The Morgan fingerprint density at radius 2 is 2.11 bits per heavy atom. The molecule has 1 aliphatic rings. The van der Waals surface area contributed by atoms with Gasteiger partial charge in [-0.25, -0.2) is 0 Å². The summed E-state index contributed by atoms with van der Waals surface area (Å²) in [5.74, 6) is 0.389. The van der Waals surface area contributed by atoms with Crippen molar-refractivity contribution in [3.05, 3.63) is 0 Å². The highest BCUT2D eigenvalue weighted by atomic mass is 16.3. The lowest BCUT2D eigenvalue weighted by molar-refractivity contribution is 0.138. The Labute approximate surface area is 56.1 Å². The molecule has 0 aliphatic heterocycles. The summed E-state index contributed by atoms with van der Waals surface area (Å²) < 4.78 is 0. The van der Waals surface area contributed by atoms with E-state index in [1.807, 2.05) is 13.8 Å². The van der Waals surface area contributed by atoms with Crippen LogP contribution in [0.2, 0.25) is 0 Å². The largest absolute Gasteiger partial charge is 0.393 e. The molecule has 0 amide bonds. The maximum atomic E-state index is 9.25. The Bertz CT molecular complexity index is 99.5. The van der Waals surface area contributed by atoms with E-state index in [1.165, 1.54) is 0 Å². The Morgan fingerprint density at radius 3 is 2.22 bits per heavy atom. The summed E-state index contributed by atoms with van der Waals surface area (Å²) in [5.41, 5.74) is 5.69. The summed E-state index contributed by atoms with van der Waals surface area (Å²) in [6.07, 6.45) is 1.54. The zero-order valence-corrected chi connectivity index (χ0v) is 6.09. The SMILES string of the molecule is CC1CC(C)(N)CC1O. The molecule has 3 N–H and O–H groups in total. The summed E-state index contributed by atoms with van der Waals surface area (Å²) in [4.78, 5) is 0. The average Bonchev–Trinajstić information content (AvgIpc) is 1.79. The molecule has 9 heavy (non-hydrogen) atoms. The van der Waals surface area contributed by atoms with Gasteiger partial charge < -0.3 is 10.8 Å². The van der Waals surface area contributed by atoms with Gasteiger partial charge in [-0.2, -0.15) is 0 Å². The molecular formula is C7H15NO. The van der Waals surface area contributed by atoms with Crippen LogP contribution in [-0.4, -0.2) is 16.7 Å². The highest BCUT2D eigenvalue weighted by molar-refractivity contribution is 4.93. The van der Waals surface area contributed by atoms with Gasteiger partial charge in [-0.15, -0.1) is 0 Å². The first-order chi connectivity index (χ1) is 4.01. The Morgan fingerprint density at radius 1 is 1.56 bits per heavy atom. The van der Waals surface area contributed by atoms with Crippen LogP contribution in [-0.2, 0) is 0 Å². The van der Waals surface area contributed by atoms with E-state index in [9.17, 15) is 5.11 Å². The van der Waals surface area contributed by atoms with E-state index in [2.05, 4.69) is 0 Å². The lowest BCUT2D eigenvalue weighted by Gasteiger charge is -2.15. The van der Waals surface area contributed by atoms with Crippen molar-refractivity contribution >= 4 is 0 Å². The van der Waals surface area contributed by atoms with Crippen LogP contribution in [0.15, 0.2) is 0 Å². The van der Waals surface area contributed by atoms with Crippen molar-refractivity contribution in [2.24, 2.45) is 11.7 Å². The zero-order chi connectivity index (χ0) is 7.07. The van der Waals surface area contributed by atoms with E-state index in [-0.39, 0.29) is 11.6 Å². The smallest absolute Gasteiger partial charge is 0.0583 e. The Balaban J connectivity index is 2.54. The zero-order valence-electron chi connectivity index (χ0n) is 6.09. The molecule has 1 fully saturated rings. The van der Waals surface area contributed by atoms with Gasteiger partial charge >= 0.3 is 0 Å². The van der Waals surface area contributed by atoms with Crippen LogP contribution < -0.4 is 5.73 Å². The van der Waals surface area contributed by atoms with Gasteiger partial charge in [0.05, 0.1) is 6.10 Å². The number of hydrogen-bond donors (Lipinski definition) is 2. The first-order valence-corrected chi connectivity index (χ1v) is 3.48. The highest BCUT2D eigenvalue weighted by Gasteiger charge is 2.35. The van der Waals surface area contributed by atoms with Crippen molar-refractivity contribution < 1.29 is 5.11 Å². The molecule has 0 bridgehead atoms. The number of nitrogens with two attached hydrogens (primary N) is 1. The van der Waals surface area contributed by atoms with Gasteiger partial charge in [-0.05, 0) is 25.7 Å². The van der Waals surface area contributed by atoms with Crippen molar-refractivity contribution in [1.82, 2.24) is 0 Å². The van der Waals surface area contributed by atoms with Crippen LogP contribution in [0.1, 0.15) is 26.7 Å². The maximum Gasteiger partial charge on any atom is 0.0583 e. The molecule has 1 aliphatic carbocycles. The summed E-state index contributed by atoms with van der Waals surface area (Å²) in [5, 5.41) is 9.25. The fourth-order valence-corrected chi connectivity index (χ4v) is 1.63. The van der Waals surface area contributed by atoms with Crippen LogP contribution in [0.3, 0.4) is 0 Å². The maximum absolute atomic E-state index is 9.25. The fraction of sp³-hybridized carbons (Fsp3) is 1.00. The lowest BCUT2D eigenvalue weighted by atomic mass is 10.0. The van der Waals surface area contributed by atoms with E-state index in [4.69, 9.17) is 5.73 Å². The minimum Gasteiger partial charge on any atom is -0.393 e. The molecule has 1 rings (SSSR count). The van der Waals surface area contributed by atoms with Crippen LogP contribution >= 0.6 is 0 Å². The number of aliphatic hydroxyl groups excluding tert-OH is 1. The summed E-state index contributed by atoms with van der Waals surface area (Å²) in [6, 6.07) is 0. The van der Waals surface area contributed by atoms with Crippen LogP contribution in [0.5, 0.6) is 0 Å². The molecule has 0 radical (unpaired) electrons. The molecule has 0 spiro atoms. The molecule has 0 saturated heterocycles. The molecule has 0 aromatic heterocycles. The first-order valence-electron chi connectivity index (χ1n) is 3.48. The quantitative estimate of drug-likeness (QED) is 0.500. The fourth-order valence-electron chi connectivity index (χ4n) is 1.63. The van der Waals surface area contributed by atoms with Gasteiger partial charge in [0.2, 0.25) is 0 Å². The minimum atomic E-state index is -0.167. The van der Waals surface area contributed by atoms with Crippen LogP contribution in [0, 0.1) is 5.92 Å². The van der Waals surface area contributed by atoms with Crippen molar-refractivity contribution in [2.75, 3.05) is 0 Å². The third-order valence-corrected chi connectivity index (χ3v) is 2.12. The summed E-state index contributed by atoms with van der Waals surface area (Å²) in [6.45, 7) is 4.04. The van der Waals surface area contributed by atoms with Gasteiger partial charge in [-0.3, -0.25) is 0 Å². The van der Waals surface area contributed by atoms with Crippen LogP contribution in [0.4, 0.5) is 0 Å². The molecule has 2 nitrogen and oxygen atoms in total. The Hall–Kier alpha value is -0.0800. The molecular weight excluding hydrogens is 114 g/mol. The van der Waals surface area contributed by atoms with Crippen molar-refractivity contribution in [3.8, 4) is 0 Å². The van der Waals surface area contributed by atoms with Crippen molar-refractivity contribution in [2.45, 2.75) is 38.3 Å². The molecule has 54 valence electrons. The highest BCUT2D eigenvalue weighted by Crippen LogP contribution is 2.31. The molecule has 3 unspecified atom stereocenters. The molecule has 0 heterocycles. The molecule has 2 heteroatoms. The number of rotatable bonds is 0. The van der Waals surface area contributed by atoms with Crippen LogP contribution in [0.25, 0.3) is 0 Å². The van der Waals surface area contributed by atoms with E-state index in [0.717, 1.165) is 12.8 Å². The van der Waals surface area contributed by atoms with E-state index in [0.29, 0.717) is 5.92 Å². The second kappa shape index (κ2) is 1.96. The van der Waals surface area contributed by atoms with Gasteiger partial charge in [-0.1, -0.05) is 6.92 Å². The van der Waals surface area contributed by atoms with Gasteiger partial charge in [0.25, 0.3) is 0 Å². The second-order valence-corrected chi connectivity index (χ2v) is 3.61. The summed E-state index contributed by atoms with van der Waals surface area (Å²) >= 11 is 0. The molecule has 0 aromatic carbocycles. The molecule has 1 saturated carbocycles. The predicted octanol–water partition coefficient (Wildman–Crippen LogP) is 0.495. The van der Waals surface area contributed by atoms with Gasteiger partial charge in [0, 0.05) is 5.54 Å². The average molecular weight is 129 g/mol. The standard InChI is InChI=1S/C7H15NO/c1-5-3-7(2,8)4-6(5)9/h5-6,9H,3-4,8H2,1-2H3. The first kappa shape index (κ1) is 7.03. The third-order valence-electron chi connectivity index (χ3n) is 2.12. The van der Waals surface area contributed by atoms with E-state index in [1.54, 1.807) is 0 Å². The van der Waals surface area contributed by atoms with E-state index >= 15 is 0 Å². The number of aliphatic hydroxyl groups is 1. The monoisotopic (exact) mass is 129 g/mol. The summed E-state index contributed by atoms with van der Waals surface area (Å²) in [7, 11) is 0. The third kappa shape index (κ3) is 1.43. The lowest BCUT2D eigenvalue weighted by Crippen LogP contribution is -2.32. The van der Waals surface area contributed by atoms with Gasteiger partial charge in [0.15, 0.2) is 0 Å². The van der Waals surface area contributed by atoms with Gasteiger partial charge in [0.1, 0.15) is 0 Å². The van der Waals surface area contributed by atoms with Crippen molar-refractivity contribution in [3.63, 3.8) is 0 Å².